The van der Waals surface area contributed by atoms with Gasteiger partial charge in [-0.05, 0) is 44.6 Å². The standard InChI is InChI=1S/C21H33NO3/c1-8-21(25-15(6)7)17-11-18(14(4)5)22(12-13(2)3)20(24)16(17)9-10-19(21)23/h11,13-15H,8-10,12H2,1-7H3/t21-/m0/s1. The molecule has 4 heteroatoms. The number of carbonyl (C=O) groups excluding carboxylic acids is 1. The van der Waals surface area contributed by atoms with Crippen molar-refractivity contribution in [2.24, 2.45) is 5.92 Å². The van der Waals surface area contributed by atoms with E-state index >= 15 is 0 Å². The molecule has 1 atom stereocenters. The second-order valence-electron chi connectivity index (χ2n) is 8.20. The van der Waals surface area contributed by atoms with Gasteiger partial charge in [0.1, 0.15) is 0 Å². The molecule has 1 aromatic heterocycles. The molecule has 25 heavy (non-hydrogen) atoms. The summed E-state index contributed by atoms with van der Waals surface area (Å²) < 4.78 is 8.10. The summed E-state index contributed by atoms with van der Waals surface area (Å²) in [6, 6.07) is 2.08. The van der Waals surface area contributed by atoms with E-state index in [2.05, 4.69) is 33.8 Å². The Morgan fingerprint density at radius 2 is 1.76 bits per heavy atom. The average Bonchev–Trinajstić information content (AvgIpc) is 2.51. The second-order valence-corrected chi connectivity index (χ2v) is 8.20. The monoisotopic (exact) mass is 347 g/mol. The van der Waals surface area contributed by atoms with Crippen LogP contribution < -0.4 is 5.56 Å². The lowest BCUT2D eigenvalue weighted by Gasteiger charge is -2.39. The second kappa shape index (κ2) is 7.45. The van der Waals surface area contributed by atoms with Crippen molar-refractivity contribution in [3.63, 3.8) is 0 Å². The van der Waals surface area contributed by atoms with Crippen LogP contribution in [0, 0.1) is 5.92 Å². The van der Waals surface area contributed by atoms with Crippen molar-refractivity contribution in [3.8, 4) is 0 Å². The van der Waals surface area contributed by atoms with Crippen LogP contribution in [-0.4, -0.2) is 16.5 Å². The minimum atomic E-state index is -0.971. The van der Waals surface area contributed by atoms with Gasteiger partial charge in [-0.2, -0.15) is 0 Å². The van der Waals surface area contributed by atoms with Gasteiger partial charge in [-0.15, -0.1) is 0 Å². The van der Waals surface area contributed by atoms with E-state index in [0.717, 1.165) is 16.8 Å². The molecule has 0 bridgehead atoms. The van der Waals surface area contributed by atoms with Crippen LogP contribution in [0.3, 0.4) is 0 Å². The van der Waals surface area contributed by atoms with E-state index in [-0.39, 0.29) is 23.4 Å². The zero-order valence-electron chi connectivity index (χ0n) is 16.8. The van der Waals surface area contributed by atoms with E-state index in [9.17, 15) is 9.59 Å². The number of ether oxygens (including phenoxy) is 1. The predicted octanol–water partition coefficient (Wildman–Crippen LogP) is 4.17. The number of fused-ring (bicyclic) bond motifs is 1. The van der Waals surface area contributed by atoms with Crippen molar-refractivity contribution in [2.75, 3.05) is 0 Å². The Bertz CT molecular complexity index is 700. The minimum Gasteiger partial charge on any atom is -0.360 e. The Morgan fingerprint density at radius 1 is 1.12 bits per heavy atom. The third-order valence-electron chi connectivity index (χ3n) is 4.99. The Morgan fingerprint density at radius 3 is 2.24 bits per heavy atom. The largest absolute Gasteiger partial charge is 0.360 e. The lowest BCUT2D eigenvalue weighted by Crippen LogP contribution is -2.47. The maximum Gasteiger partial charge on any atom is 0.254 e. The normalized spacial score (nSPS) is 20.6. The van der Waals surface area contributed by atoms with Gasteiger partial charge >= 0.3 is 0 Å². The van der Waals surface area contributed by atoms with E-state index in [1.54, 1.807) is 0 Å². The molecule has 0 unspecified atom stereocenters. The number of rotatable bonds is 6. The van der Waals surface area contributed by atoms with Crippen LogP contribution in [0.15, 0.2) is 10.9 Å². The molecule has 0 spiro atoms. The molecular weight excluding hydrogens is 314 g/mol. The van der Waals surface area contributed by atoms with Crippen LogP contribution in [-0.2, 0) is 28.1 Å². The zero-order chi connectivity index (χ0) is 18.9. The molecule has 0 saturated heterocycles. The summed E-state index contributed by atoms with van der Waals surface area (Å²) in [6.45, 7) is 15.0. The molecule has 1 aliphatic carbocycles. The van der Waals surface area contributed by atoms with Crippen LogP contribution in [0.1, 0.15) is 84.0 Å². The van der Waals surface area contributed by atoms with Crippen LogP contribution in [0.4, 0.5) is 0 Å². The third-order valence-corrected chi connectivity index (χ3v) is 4.99. The lowest BCUT2D eigenvalue weighted by molar-refractivity contribution is -0.155. The fourth-order valence-corrected chi connectivity index (χ4v) is 3.94. The summed E-state index contributed by atoms with van der Waals surface area (Å²) in [7, 11) is 0. The molecule has 0 aromatic carbocycles. The maximum atomic E-state index is 13.3. The first-order chi connectivity index (χ1) is 11.6. The SMILES string of the molecule is CC[C@@]1(OC(C)C)C(=O)CCc2c1cc(C(C)C)n(CC(C)C)c2=O. The van der Waals surface area contributed by atoms with E-state index in [1.807, 2.05) is 25.3 Å². The molecule has 4 nitrogen and oxygen atoms in total. The summed E-state index contributed by atoms with van der Waals surface area (Å²) in [5.74, 6) is 0.704. The number of ketones is 1. The molecule has 1 aliphatic rings. The predicted molar refractivity (Wildman–Crippen MR) is 101 cm³/mol. The number of hydrogen-bond donors (Lipinski definition) is 0. The fourth-order valence-electron chi connectivity index (χ4n) is 3.94. The van der Waals surface area contributed by atoms with Gasteiger partial charge in [-0.1, -0.05) is 34.6 Å². The fraction of sp³-hybridized carbons (Fsp3) is 0.714. The Hall–Kier alpha value is -1.42. The number of carbonyl (C=O) groups is 1. The summed E-state index contributed by atoms with van der Waals surface area (Å²) in [4.78, 5) is 26.1. The van der Waals surface area contributed by atoms with Gasteiger partial charge in [0.05, 0.1) is 6.10 Å². The van der Waals surface area contributed by atoms with E-state index in [4.69, 9.17) is 4.74 Å². The molecule has 1 heterocycles. The maximum absolute atomic E-state index is 13.3. The van der Waals surface area contributed by atoms with Gasteiger partial charge in [-0.3, -0.25) is 9.59 Å². The molecule has 0 fully saturated rings. The Kier molecular flexibility index (Phi) is 5.93. The highest BCUT2D eigenvalue weighted by atomic mass is 16.5. The van der Waals surface area contributed by atoms with Crippen LogP contribution in [0.2, 0.25) is 0 Å². The van der Waals surface area contributed by atoms with Gasteiger partial charge in [-0.25, -0.2) is 0 Å². The van der Waals surface area contributed by atoms with Gasteiger partial charge in [0.15, 0.2) is 11.4 Å². The zero-order valence-corrected chi connectivity index (χ0v) is 16.8. The molecule has 0 N–H and O–H groups in total. The molecule has 0 saturated carbocycles. The molecule has 0 amide bonds. The van der Waals surface area contributed by atoms with Crippen molar-refractivity contribution in [1.82, 2.24) is 4.57 Å². The van der Waals surface area contributed by atoms with Gasteiger partial charge in [0, 0.05) is 29.8 Å². The Balaban J connectivity index is 2.78. The highest BCUT2D eigenvalue weighted by Gasteiger charge is 2.45. The first kappa shape index (κ1) is 19.9. The van der Waals surface area contributed by atoms with Crippen molar-refractivity contribution in [1.29, 1.82) is 0 Å². The first-order valence-electron chi connectivity index (χ1n) is 9.62. The molecular formula is C21H33NO3. The third kappa shape index (κ3) is 3.59. The van der Waals surface area contributed by atoms with Crippen LogP contribution in [0.25, 0.3) is 0 Å². The highest BCUT2D eigenvalue weighted by Crippen LogP contribution is 2.39. The average molecular weight is 347 g/mol. The van der Waals surface area contributed by atoms with Gasteiger partial charge in [0.2, 0.25) is 0 Å². The number of pyridine rings is 1. The summed E-state index contributed by atoms with van der Waals surface area (Å²) in [5, 5.41) is 0. The van der Waals surface area contributed by atoms with E-state index in [0.29, 0.717) is 31.7 Å². The summed E-state index contributed by atoms with van der Waals surface area (Å²) >= 11 is 0. The number of nitrogens with zero attached hydrogens (tertiary/aromatic N) is 1. The number of aromatic nitrogens is 1. The van der Waals surface area contributed by atoms with E-state index in [1.165, 1.54) is 0 Å². The first-order valence-corrected chi connectivity index (χ1v) is 9.62. The molecule has 0 radical (unpaired) electrons. The van der Waals surface area contributed by atoms with Crippen molar-refractivity contribution < 1.29 is 9.53 Å². The van der Waals surface area contributed by atoms with E-state index < -0.39 is 5.60 Å². The number of Topliss-reactive ketones (excluding diaryl/α,β-unsaturated/α-hetero) is 1. The molecule has 0 aliphatic heterocycles. The molecule has 140 valence electrons. The van der Waals surface area contributed by atoms with Gasteiger partial charge in [0.25, 0.3) is 5.56 Å². The smallest absolute Gasteiger partial charge is 0.254 e. The molecule has 2 rings (SSSR count). The summed E-state index contributed by atoms with van der Waals surface area (Å²) in [5.41, 5.74) is 1.67. The topological polar surface area (TPSA) is 48.3 Å². The van der Waals surface area contributed by atoms with Crippen molar-refractivity contribution >= 4 is 5.78 Å². The molecule has 1 aromatic rings. The quantitative estimate of drug-likeness (QED) is 0.776. The van der Waals surface area contributed by atoms with Crippen LogP contribution in [0.5, 0.6) is 0 Å². The van der Waals surface area contributed by atoms with Crippen molar-refractivity contribution in [2.45, 2.75) is 91.9 Å². The highest BCUT2D eigenvalue weighted by molar-refractivity contribution is 5.90. The Labute approximate surface area is 151 Å². The minimum absolute atomic E-state index is 0.0626. The lowest BCUT2D eigenvalue weighted by atomic mass is 9.76. The number of hydrogen-bond acceptors (Lipinski definition) is 3. The van der Waals surface area contributed by atoms with Crippen LogP contribution >= 0.6 is 0 Å². The summed E-state index contributed by atoms with van der Waals surface area (Å²) in [6.07, 6.45) is 1.39. The van der Waals surface area contributed by atoms with Gasteiger partial charge < -0.3 is 9.30 Å². The van der Waals surface area contributed by atoms with Crippen molar-refractivity contribution in [3.05, 3.63) is 33.2 Å².